The Hall–Kier alpha value is -2.43. The Morgan fingerprint density at radius 3 is 2.43 bits per heavy atom. The SMILES string of the molecule is Cc1ccc2cnc(C(F)(F)c3ccc(F)cc3)nc2c1. The number of hydrogen-bond acceptors (Lipinski definition) is 2. The van der Waals surface area contributed by atoms with Crippen LogP contribution in [0.2, 0.25) is 0 Å². The fourth-order valence-corrected chi connectivity index (χ4v) is 2.07. The van der Waals surface area contributed by atoms with E-state index in [1.807, 2.05) is 13.0 Å². The Bertz CT molecular complexity index is 798. The fourth-order valence-electron chi connectivity index (χ4n) is 2.07. The van der Waals surface area contributed by atoms with E-state index in [0.717, 1.165) is 29.8 Å². The fraction of sp³-hybridized carbons (Fsp3) is 0.125. The highest BCUT2D eigenvalue weighted by molar-refractivity contribution is 5.78. The number of nitrogens with zero attached hydrogens (tertiary/aromatic N) is 2. The number of benzene rings is 2. The van der Waals surface area contributed by atoms with Crippen molar-refractivity contribution in [2.24, 2.45) is 0 Å². The van der Waals surface area contributed by atoms with E-state index < -0.39 is 17.6 Å². The minimum Gasteiger partial charge on any atom is -0.235 e. The highest BCUT2D eigenvalue weighted by Gasteiger charge is 2.37. The lowest BCUT2D eigenvalue weighted by atomic mass is 10.1. The highest BCUT2D eigenvalue weighted by atomic mass is 19.3. The second-order valence-corrected chi connectivity index (χ2v) is 4.84. The van der Waals surface area contributed by atoms with Gasteiger partial charge in [-0.3, -0.25) is 0 Å². The number of halogens is 3. The number of alkyl halides is 2. The van der Waals surface area contributed by atoms with Gasteiger partial charge in [0.05, 0.1) is 5.52 Å². The van der Waals surface area contributed by atoms with Gasteiger partial charge in [-0.1, -0.05) is 12.1 Å². The monoisotopic (exact) mass is 288 g/mol. The minimum absolute atomic E-state index is 0.337. The number of rotatable bonds is 2. The lowest BCUT2D eigenvalue weighted by Crippen LogP contribution is -2.19. The summed E-state index contributed by atoms with van der Waals surface area (Å²) in [7, 11) is 0. The van der Waals surface area contributed by atoms with Crippen molar-refractivity contribution in [3.63, 3.8) is 0 Å². The average Bonchev–Trinajstić information content (AvgIpc) is 2.47. The Labute approximate surface area is 119 Å². The predicted molar refractivity (Wildman–Crippen MR) is 73.7 cm³/mol. The molecule has 0 saturated carbocycles. The first-order chi connectivity index (χ1) is 9.96. The molecule has 1 heterocycles. The zero-order valence-corrected chi connectivity index (χ0v) is 11.1. The molecule has 0 aliphatic heterocycles. The second kappa shape index (κ2) is 4.84. The Kier molecular flexibility index (Phi) is 3.12. The maximum Gasteiger partial charge on any atom is 0.331 e. The molecule has 3 aromatic rings. The van der Waals surface area contributed by atoms with Crippen molar-refractivity contribution in [2.75, 3.05) is 0 Å². The Morgan fingerprint density at radius 2 is 1.71 bits per heavy atom. The summed E-state index contributed by atoms with van der Waals surface area (Å²) in [5, 5.41) is 0.694. The Morgan fingerprint density at radius 1 is 1.00 bits per heavy atom. The highest BCUT2D eigenvalue weighted by Crippen LogP contribution is 2.33. The lowest BCUT2D eigenvalue weighted by Gasteiger charge is -2.15. The van der Waals surface area contributed by atoms with Crippen LogP contribution in [0.4, 0.5) is 13.2 Å². The second-order valence-electron chi connectivity index (χ2n) is 4.84. The minimum atomic E-state index is -3.37. The summed E-state index contributed by atoms with van der Waals surface area (Å²) in [5.74, 6) is -4.53. The van der Waals surface area contributed by atoms with Crippen molar-refractivity contribution in [1.29, 1.82) is 0 Å². The van der Waals surface area contributed by atoms with Crippen LogP contribution >= 0.6 is 0 Å². The van der Waals surface area contributed by atoms with Gasteiger partial charge in [-0.05, 0) is 42.8 Å². The summed E-state index contributed by atoms with van der Waals surface area (Å²) in [5.41, 5.74) is 1.05. The summed E-state index contributed by atoms with van der Waals surface area (Å²) in [6.45, 7) is 1.86. The van der Waals surface area contributed by atoms with Crippen LogP contribution in [0, 0.1) is 12.7 Å². The molecule has 0 aliphatic rings. The van der Waals surface area contributed by atoms with Crippen LogP contribution in [0.5, 0.6) is 0 Å². The van der Waals surface area contributed by atoms with Gasteiger partial charge in [-0.25, -0.2) is 14.4 Å². The first-order valence-corrected chi connectivity index (χ1v) is 6.34. The van der Waals surface area contributed by atoms with Gasteiger partial charge in [0.1, 0.15) is 5.82 Å². The van der Waals surface area contributed by atoms with Crippen molar-refractivity contribution in [3.8, 4) is 0 Å². The first-order valence-electron chi connectivity index (χ1n) is 6.34. The van der Waals surface area contributed by atoms with Crippen LogP contribution in [0.1, 0.15) is 17.0 Å². The lowest BCUT2D eigenvalue weighted by molar-refractivity contribution is 0.0331. The van der Waals surface area contributed by atoms with E-state index in [1.165, 1.54) is 6.20 Å². The maximum absolute atomic E-state index is 14.4. The number of aryl methyl sites for hydroxylation is 1. The van der Waals surface area contributed by atoms with Crippen LogP contribution in [0.3, 0.4) is 0 Å². The van der Waals surface area contributed by atoms with Crippen LogP contribution in [-0.4, -0.2) is 9.97 Å². The standard InChI is InChI=1S/C16H11F3N2/c1-10-2-3-11-9-20-15(21-14(11)8-10)16(18,19)12-4-6-13(17)7-5-12/h2-9H,1H3. The van der Waals surface area contributed by atoms with Crippen molar-refractivity contribution in [3.05, 3.63) is 71.4 Å². The summed E-state index contributed by atoms with van der Waals surface area (Å²) >= 11 is 0. The van der Waals surface area contributed by atoms with E-state index in [2.05, 4.69) is 9.97 Å². The Balaban J connectivity index is 2.11. The van der Waals surface area contributed by atoms with Crippen LogP contribution in [0.25, 0.3) is 10.9 Å². The molecule has 0 saturated heterocycles. The molecule has 1 aromatic heterocycles. The molecule has 0 amide bonds. The quantitative estimate of drug-likeness (QED) is 0.705. The molecule has 0 bridgehead atoms. The summed E-state index contributed by atoms with van der Waals surface area (Å²) in [4.78, 5) is 7.70. The smallest absolute Gasteiger partial charge is 0.235 e. The van der Waals surface area contributed by atoms with Gasteiger partial charge in [0, 0.05) is 17.1 Å². The van der Waals surface area contributed by atoms with E-state index in [1.54, 1.807) is 12.1 Å². The molecule has 2 aromatic carbocycles. The van der Waals surface area contributed by atoms with Crippen LogP contribution in [0.15, 0.2) is 48.7 Å². The molecule has 2 nitrogen and oxygen atoms in total. The molecule has 0 spiro atoms. The molecule has 3 rings (SSSR count). The molecule has 0 unspecified atom stereocenters. The predicted octanol–water partition coefficient (Wildman–Crippen LogP) is 4.22. The third-order valence-corrected chi connectivity index (χ3v) is 3.23. The molecule has 21 heavy (non-hydrogen) atoms. The van der Waals surface area contributed by atoms with Crippen LogP contribution in [-0.2, 0) is 5.92 Å². The number of fused-ring (bicyclic) bond motifs is 1. The topological polar surface area (TPSA) is 25.8 Å². The van der Waals surface area contributed by atoms with Gasteiger partial charge < -0.3 is 0 Å². The molecule has 0 fully saturated rings. The van der Waals surface area contributed by atoms with E-state index in [9.17, 15) is 13.2 Å². The van der Waals surface area contributed by atoms with Gasteiger partial charge >= 0.3 is 5.92 Å². The number of aromatic nitrogens is 2. The van der Waals surface area contributed by atoms with E-state index in [0.29, 0.717) is 10.9 Å². The van der Waals surface area contributed by atoms with E-state index in [-0.39, 0.29) is 5.56 Å². The number of hydrogen-bond donors (Lipinski definition) is 0. The van der Waals surface area contributed by atoms with Gasteiger partial charge in [0.15, 0.2) is 0 Å². The molecule has 106 valence electrons. The van der Waals surface area contributed by atoms with Crippen molar-refractivity contribution in [2.45, 2.75) is 12.8 Å². The summed E-state index contributed by atoms with van der Waals surface area (Å²) in [6.07, 6.45) is 1.37. The first kappa shape index (κ1) is 13.5. The van der Waals surface area contributed by atoms with Gasteiger partial charge in [0.2, 0.25) is 5.82 Å². The molecule has 5 heteroatoms. The van der Waals surface area contributed by atoms with Gasteiger partial charge in [-0.15, -0.1) is 0 Å². The van der Waals surface area contributed by atoms with Gasteiger partial charge in [0.25, 0.3) is 0 Å². The molecule has 0 atom stereocenters. The molecule has 0 radical (unpaired) electrons. The largest absolute Gasteiger partial charge is 0.331 e. The average molecular weight is 288 g/mol. The van der Waals surface area contributed by atoms with Crippen LogP contribution < -0.4 is 0 Å². The normalized spacial score (nSPS) is 11.8. The third kappa shape index (κ3) is 2.46. The van der Waals surface area contributed by atoms with E-state index in [4.69, 9.17) is 0 Å². The van der Waals surface area contributed by atoms with Crippen molar-refractivity contribution >= 4 is 10.9 Å². The maximum atomic E-state index is 14.4. The van der Waals surface area contributed by atoms with Crippen molar-refractivity contribution < 1.29 is 13.2 Å². The van der Waals surface area contributed by atoms with Crippen molar-refractivity contribution in [1.82, 2.24) is 9.97 Å². The molecular weight excluding hydrogens is 277 g/mol. The third-order valence-electron chi connectivity index (χ3n) is 3.23. The summed E-state index contributed by atoms with van der Waals surface area (Å²) < 4.78 is 41.7. The summed E-state index contributed by atoms with van der Waals surface area (Å²) in [6, 6.07) is 9.44. The molecule has 0 N–H and O–H groups in total. The molecular formula is C16H11F3N2. The zero-order chi connectivity index (χ0) is 15.0. The van der Waals surface area contributed by atoms with E-state index >= 15 is 0 Å². The molecule has 0 aliphatic carbocycles. The zero-order valence-electron chi connectivity index (χ0n) is 11.1. The van der Waals surface area contributed by atoms with Gasteiger partial charge in [-0.2, -0.15) is 8.78 Å².